The van der Waals surface area contributed by atoms with Crippen LogP contribution in [0.15, 0.2) is 12.7 Å². The predicted octanol–water partition coefficient (Wildman–Crippen LogP) is 0.657. The standard InChI is InChI=1S/C14H25N3O/c1-4-5-15-10-12(2)14(11-15)17-8-6-16(7-9-17)13(3)18/h4,12,14H,1,5-11H2,2-3H3. The summed E-state index contributed by atoms with van der Waals surface area (Å²) < 4.78 is 0. The van der Waals surface area contributed by atoms with Crippen molar-refractivity contribution in [2.24, 2.45) is 5.92 Å². The second-order valence-electron chi connectivity index (χ2n) is 5.59. The van der Waals surface area contributed by atoms with E-state index < -0.39 is 0 Å². The van der Waals surface area contributed by atoms with E-state index in [2.05, 4.69) is 23.3 Å². The lowest BCUT2D eigenvalue weighted by Crippen LogP contribution is -2.53. The zero-order valence-corrected chi connectivity index (χ0v) is 11.6. The zero-order valence-electron chi connectivity index (χ0n) is 11.6. The van der Waals surface area contributed by atoms with Crippen molar-refractivity contribution in [3.8, 4) is 0 Å². The van der Waals surface area contributed by atoms with E-state index in [9.17, 15) is 4.79 Å². The van der Waals surface area contributed by atoms with Gasteiger partial charge in [-0.2, -0.15) is 0 Å². The minimum absolute atomic E-state index is 0.211. The van der Waals surface area contributed by atoms with Gasteiger partial charge in [-0.3, -0.25) is 14.6 Å². The first-order valence-electron chi connectivity index (χ1n) is 6.94. The van der Waals surface area contributed by atoms with Gasteiger partial charge in [-0.25, -0.2) is 0 Å². The predicted molar refractivity (Wildman–Crippen MR) is 73.4 cm³/mol. The summed E-state index contributed by atoms with van der Waals surface area (Å²) in [6.45, 7) is 15.0. The number of likely N-dealkylation sites (tertiary alicyclic amines) is 1. The van der Waals surface area contributed by atoms with E-state index in [1.165, 1.54) is 6.54 Å². The van der Waals surface area contributed by atoms with Gasteiger partial charge in [0.2, 0.25) is 5.91 Å². The smallest absolute Gasteiger partial charge is 0.219 e. The Balaban J connectivity index is 1.86. The van der Waals surface area contributed by atoms with Crippen LogP contribution in [-0.2, 0) is 4.79 Å². The second kappa shape index (κ2) is 5.85. The molecule has 18 heavy (non-hydrogen) atoms. The topological polar surface area (TPSA) is 26.8 Å². The molecular weight excluding hydrogens is 226 g/mol. The van der Waals surface area contributed by atoms with Crippen molar-refractivity contribution < 1.29 is 4.79 Å². The number of nitrogens with zero attached hydrogens (tertiary/aromatic N) is 3. The molecule has 2 aliphatic heterocycles. The molecule has 0 saturated carbocycles. The lowest BCUT2D eigenvalue weighted by atomic mass is 10.0. The van der Waals surface area contributed by atoms with Crippen LogP contribution in [0.3, 0.4) is 0 Å². The Kier molecular flexibility index (Phi) is 4.40. The van der Waals surface area contributed by atoms with Crippen molar-refractivity contribution >= 4 is 5.91 Å². The Morgan fingerprint density at radius 3 is 2.50 bits per heavy atom. The van der Waals surface area contributed by atoms with Gasteiger partial charge in [0.15, 0.2) is 0 Å². The van der Waals surface area contributed by atoms with Gasteiger partial charge in [0.25, 0.3) is 0 Å². The zero-order chi connectivity index (χ0) is 13.1. The molecule has 0 bridgehead atoms. The molecule has 2 rings (SSSR count). The molecule has 4 heteroatoms. The van der Waals surface area contributed by atoms with Crippen LogP contribution in [0.1, 0.15) is 13.8 Å². The second-order valence-corrected chi connectivity index (χ2v) is 5.59. The molecular formula is C14H25N3O. The molecule has 0 aromatic heterocycles. The first kappa shape index (κ1) is 13.6. The summed E-state index contributed by atoms with van der Waals surface area (Å²) in [5.74, 6) is 0.927. The van der Waals surface area contributed by atoms with Gasteiger partial charge in [0.1, 0.15) is 0 Å². The van der Waals surface area contributed by atoms with Gasteiger partial charge < -0.3 is 4.90 Å². The minimum Gasteiger partial charge on any atom is -0.340 e. The van der Waals surface area contributed by atoms with E-state index in [1.807, 2.05) is 11.0 Å². The molecule has 0 aromatic rings. The summed E-state index contributed by atoms with van der Waals surface area (Å²) in [4.78, 5) is 18.3. The quantitative estimate of drug-likeness (QED) is 0.689. The SMILES string of the molecule is C=CCN1CC(C)C(N2CCN(C(C)=O)CC2)C1. The molecule has 2 atom stereocenters. The molecule has 2 aliphatic rings. The summed E-state index contributed by atoms with van der Waals surface area (Å²) in [7, 11) is 0. The third-order valence-corrected chi connectivity index (χ3v) is 4.26. The maximum atomic E-state index is 11.3. The largest absolute Gasteiger partial charge is 0.340 e. The number of carbonyl (C=O) groups excluding carboxylic acids is 1. The monoisotopic (exact) mass is 251 g/mol. The van der Waals surface area contributed by atoms with Gasteiger partial charge >= 0.3 is 0 Å². The molecule has 0 spiro atoms. The van der Waals surface area contributed by atoms with Crippen LogP contribution in [0.4, 0.5) is 0 Å². The molecule has 2 unspecified atom stereocenters. The number of rotatable bonds is 3. The average Bonchev–Trinajstić information content (AvgIpc) is 2.71. The van der Waals surface area contributed by atoms with Gasteiger partial charge in [-0.1, -0.05) is 13.0 Å². The maximum absolute atomic E-state index is 11.3. The molecule has 0 aliphatic carbocycles. The first-order chi connectivity index (χ1) is 8.61. The van der Waals surface area contributed by atoms with E-state index in [-0.39, 0.29) is 5.91 Å². The number of carbonyl (C=O) groups is 1. The summed E-state index contributed by atoms with van der Waals surface area (Å²) in [5.41, 5.74) is 0. The van der Waals surface area contributed by atoms with Gasteiger partial charge in [0.05, 0.1) is 0 Å². The van der Waals surface area contributed by atoms with Crippen LogP contribution >= 0.6 is 0 Å². The average molecular weight is 251 g/mol. The van der Waals surface area contributed by atoms with E-state index >= 15 is 0 Å². The molecule has 102 valence electrons. The normalized spacial score (nSPS) is 30.7. The van der Waals surface area contributed by atoms with Crippen LogP contribution < -0.4 is 0 Å². The number of amides is 1. The van der Waals surface area contributed by atoms with E-state index in [4.69, 9.17) is 0 Å². The summed E-state index contributed by atoms with van der Waals surface area (Å²) in [6, 6.07) is 0.652. The first-order valence-corrected chi connectivity index (χ1v) is 6.94. The van der Waals surface area contributed by atoms with Crippen LogP contribution in [-0.4, -0.2) is 72.5 Å². The van der Waals surface area contributed by atoms with Crippen molar-refractivity contribution in [1.82, 2.24) is 14.7 Å². The molecule has 2 saturated heterocycles. The fraction of sp³-hybridized carbons (Fsp3) is 0.786. The third kappa shape index (κ3) is 2.93. The summed E-state index contributed by atoms with van der Waals surface area (Å²) >= 11 is 0. The highest BCUT2D eigenvalue weighted by molar-refractivity contribution is 5.73. The Labute approximate surface area is 110 Å². The molecule has 2 fully saturated rings. The van der Waals surface area contributed by atoms with Crippen molar-refractivity contribution in [2.75, 3.05) is 45.8 Å². The molecule has 0 radical (unpaired) electrons. The van der Waals surface area contributed by atoms with E-state index in [0.29, 0.717) is 12.0 Å². The van der Waals surface area contributed by atoms with Crippen molar-refractivity contribution in [2.45, 2.75) is 19.9 Å². The van der Waals surface area contributed by atoms with Crippen molar-refractivity contribution in [3.63, 3.8) is 0 Å². The van der Waals surface area contributed by atoms with Crippen LogP contribution in [0.2, 0.25) is 0 Å². The Morgan fingerprint density at radius 1 is 1.28 bits per heavy atom. The Bertz CT molecular complexity index is 310. The van der Waals surface area contributed by atoms with Crippen LogP contribution in [0, 0.1) is 5.92 Å². The van der Waals surface area contributed by atoms with E-state index in [0.717, 1.165) is 39.3 Å². The molecule has 0 N–H and O–H groups in total. The maximum Gasteiger partial charge on any atom is 0.219 e. The minimum atomic E-state index is 0.211. The van der Waals surface area contributed by atoms with Gasteiger partial charge in [-0.15, -0.1) is 6.58 Å². The highest BCUT2D eigenvalue weighted by atomic mass is 16.2. The summed E-state index contributed by atoms with van der Waals surface area (Å²) in [6.07, 6.45) is 1.99. The highest BCUT2D eigenvalue weighted by Crippen LogP contribution is 2.22. The van der Waals surface area contributed by atoms with Crippen LogP contribution in [0.5, 0.6) is 0 Å². The third-order valence-electron chi connectivity index (χ3n) is 4.26. The lowest BCUT2D eigenvalue weighted by Gasteiger charge is -2.39. The van der Waals surface area contributed by atoms with Crippen molar-refractivity contribution in [1.29, 1.82) is 0 Å². The fourth-order valence-corrected chi connectivity index (χ4v) is 3.22. The van der Waals surface area contributed by atoms with Crippen molar-refractivity contribution in [3.05, 3.63) is 12.7 Å². The Morgan fingerprint density at radius 2 is 1.94 bits per heavy atom. The van der Waals surface area contributed by atoms with Crippen LogP contribution in [0.25, 0.3) is 0 Å². The summed E-state index contributed by atoms with van der Waals surface area (Å²) in [5, 5.41) is 0. The molecule has 2 heterocycles. The Hall–Kier alpha value is -0.870. The number of hydrogen-bond donors (Lipinski definition) is 0. The fourth-order valence-electron chi connectivity index (χ4n) is 3.22. The lowest BCUT2D eigenvalue weighted by molar-refractivity contribution is -0.130. The molecule has 4 nitrogen and oxygen atoms in total. The van der Waals surface area contributed by atoms with E-state index in [1.54, 1.807) is 6.92 Å². The van der Waals surface area contributed by atoms with Gasteiger partial charge in [-0.05, 0) is 5.92 Å². The van der Waals surface area contributed by atoms with Gasteiger partial charge in [0, 0.05) is 58.8 Å². The highest BCUT2D eigenvalue weighted by Gasteiger charge is 2.34. The number of hydrogen-bond acceptors (Lipinski definition) is 3. The molecule has 1 amide bonds. The molecule has 0 aromatic carbocycles. The number of piperazine rings is 1.